The largest absolute Gasteiger partial charge is 0.498 e. The van der Waals surface area contributed by atoms with E-state index < -0.39 is 5.60 Å². The zero-order valence-corrected chi connectivity index (χ0v) is 17.0. The lowest BCUT2D eigenvalue weighted by molar-refractivity contribution is 0.0303. The minimum Gasteiger partial charge on any atom is -0.498 e. The van der Waals surface area contributed by atoms with Crippen molar-refractivity contribution in [3.63, 3.8) is 0 Å². The van der Waals surface area contributed by atoms with Crippen LogP contribution in [0.2, 0.25) is 0 Å². The van der Waals surface area contributed by atoms with Gasteiger partial charge in [0.15, 0.2) is 0 Å². The molecule has 0 bridgehead atoms. The molecule has 5 nitrogen and oxygen atoms in total. The Morgan fingerprint density at radius 2 is 2.11 bits per heavy atom. The predicted octanol–water partition coefficient (Wildman–Crippen LogP) is 4.11. The molecule has 0 amide bonds. The summed E-state index contributed by atoms with van der Waals surface area (Å²) in [5.41, 5.74) is 7.02. The average Bonchev–Trinajstić information content (AvgIpc) is 2.99. The van der Waals surface area contributed by atoms with Crippen molar-refractivity contribution in [3.05, 3.63) is 70.0 Å². The van der Waals surface area contributed by atoms with Gasteiger partial charge in [0, 0.05) is 48.1 Å². The van der Waals surface area contributed by atoms with E-state index in [9.17, 15) is 5.26 Å². The van der Waals surface area contributed by atoms with Gasteiger partial charge in [0.25, 0.3) is 0 Å². The third-order valence-electron chi connectivity index (χ3n) is 6.07. The fourth-order valence-corrected chi connectivity index (χ4v) is 4.58. The van der Waals surface area contributed by atoms with E-state index in [2.05, 4.69) is 41.1 Å². The van der Waals surface area contributed by atoms with Crippen molar-refractivity contribution in [2.45, 2.75) is 32.8 Å². The molecule has 2 atom stereocenters. The molecule has 0 radical (unpaired) electrons. The molecule has 0 aromatic carbocycles. The summed E-state index contributed by atoms with van der Waals surface area (Å²) < 4.78 is 11.4. The standard InChI is InChI=1S/C23H25N3O2/c1-14-10-16(6-8-25-14)21-15(2)26-9-7-17-12-23(3,28-5)20(27-4)11-18(17)22(26)19(21)13-24/h6,8,10-12,19H,7,9H2,1-5H3. The van der Waals surface area contributed by atoms with Gasteiger partial charge >= 0.3 is 0 Å². The maximum Gasteiger partial charge on any atom is 0.140 e. The molecule has 0 N–H and O–H groups in total. The zero-order valence-electron chi connectivity index (χ0n) is 17.0. The van der Waals surface area contributed by atoms with Crippen LogP contribution in [0.1, 0.15) is 31.5 Å². The van der Waals surface area contributed by atoms with Crippen molar-refractivity contribution in [2.75, 3.05) is 20.8 Å². The van der Waals surface area contributed by atoms with Gasteiger partial charge in [-0.15, -0.1) is 0 Å². The summed E-state index contributed by atoms with van der Waals surface area (Å²) in [7, 11) is 3.36. The number of nitrogens with zero attached hydrogens (tertiary/aromatic N) is 3. The zero-order chi connectivity index (χ0) is 20.1. The van der Waals surface area contributed by atoms with Crippen molar-refractivity contribution < 1.29 is 9.47 Å². The van der Waals surface area contributed by atoms with Crippen LogP contribution in [0.3, 0.4) is 0 Å². The number of pyridine rings is 1. The van der Waals surface area contributed by atoms with Gasteiger partial charge in [-0.25, -0.2) is 0 Å². The van der Waals surface area contributed by atoms with Crippen molar-refractivity contribution in [1.82, 2.24) is 9.88 Å². The highest BCUT2D eigenvalue weighted by atomic mass is 16.5. The number of ether oxygens (including phenoxy) is 2. The Labute approximate surface area is 166 Å². The normalized spacial score (nSPS) is 26.4. The molecule has 1 aromatic rings. The fraction of sp³-hybridized carbons (Fsp3) is 0.391. The SMILES string of the molecule is COC1=CC2=C3C(C#N)C(c4ccnc(C)c4)=C(C)N3CCC2=CC1(C)OC. The van der Waals surface area contributed by atoms with E-state index in [0.29, 0.717) is 0 Å². The Bertz CT molecular complexity index is 1010. The Morgan fingerprint density at radius 3 is 2.75 bits per heavy atom. The number of methoxy groups -OCH3 is 2. The van der Waals surface area contributed by atoms with Gasteiger partial charge in [0.05, 0.1) is 13.2 Å². The monoisotopic (exact) mass is 375 g/mol. The number of rotatable bonds is 3. The number of hydrogen-bond donors (Lipinski definition) is 0. The first-order valence-corrected chi connectivity index (χ1v) is 9.52. The number of nitriles is 1. The van der Waals surface area contributed by atoms with E-state index in [1.165, 1.54) is 5.57 Å². The van der Waals surface area contributed by atoms with Crippen molar-refractivity contribution in [3.8, 4) is 6.07 Å². The summed E-state index contributed by atoms with van der Waals surface area (Å²) in [6.07, 6.45) is 6.92. The highest BCUT2D eigenvalue weighted by Crippen LogP contribution is 2.49. The van der Waals surface area contributed by atoms with Crippen LogP contribution in [0.4, 0.5) is 0 Å². The van der Waals surface area contributed by atoms with E-state index in [0.717, 1.165) is 52.5 Å². The number of hydrogen-bond acceptors (Lipinski definition) is 5. The molecule has 5 heteroatoms. The smallest absolute Gasteiger partial charge is 0.140 e. The minimum absolute atomic E-state index is 0.318. The van der Waals surface area contributed by atoms with Crippen molar-refractivity contribution in [2.24, 2.45) is 5.92 Å². The first kappa shape index (κ1) is 18.5. The summed E-state index contributed by atoms with van der Waals surface area (Å²) in [6.45, 7) is 6.96. The highest BCUT2D eigenvalue weighted by molar-refractivity contribution is 5.79. The van der Waals surface area contributed by atoms with Crippen molar-refractivity contribution >= 4 is 5.57 Å². The van der Waals surface area contributed by atoms with E-state index in [-0.39, 0.29) is 5.92 Å². The molecule has 28 heavy (non-hydrogen) atoms. The quantitative estimate of drug-likeness (QED) is 0.796. The second-order valence-corrected chi connectivity index (χ2v) is 7.64. The molecule has 144 valence electrons. The number of aromatic nitrogens is 1. The number of aryl methyl sites for hydroxylation is 1. The molecule has 1 aliphatic carbocycles. The molecule has 0 fully saturated rings. The third kappa shape index (κ3) is 2.60. The van der Waals surface area contributed by atoms with Crippen molar-refractivity contribution in [1.29, 1.82) is 5.26 Å². The summed E-state index contributed by atoms with van der Waals surface area (Å²) in [6, 6.07) is 6.61. The average molecular weight is 375 g/mol. The Balaban J connectivity index is 1.90. The Hall–Kier alpha value is -2.84. The van der Waals surface area contributed by atoms with E-state index >= 15 is 0 Å². The highest BCUT2D eigenvalue weighted by Gasteiger charge is 2.42. The van der Waals surface area contributed by atoms with Gasteiger partial charge in [-0.1, -0.05) is 0 Å². The molecule has 4 rings (SSSR count). The minimum atomic E-state index is -0.579. The lowest BCUT2D eigenvalue weighted by Crippen LogP contribution is -2.35. The van der Waals surface area contributed by atoms with E-state index in [1.807, 2.05) is 26.1 Å². The summed E-state index contributed by atoms with van der Waals surface area (Å²) in [4.78, 5) is 6.61. The van der Waals surface area contributed by atoms with E-state index in [1.54, 1.807) is 14.2 Å². The van der Waals surface area contributed by atoms with Gasteiger partial charge in [0.1, 0.15) is 17.3 Å². The molecule has 0 saturated heterocycles. The van der Waals surface area contributed by atoms with Crippen LogP contribution in [0.15, 0.2) is 58.8 Å². The van der Waals surface area contributed by atoms with Crippen LogP contribution < -0.4 is 0 Å². The van der Waals surface area contributed by atoms with Crippen LogP contribution in [-0.2, 0) is 9.47 Å². The molecule has 1 aromatic heterocycles. The maximum atomic E-state index is 10.1. The van der Waals surface area contributed by atoms with Gasteiger partial charge in [-0.05, 0) is 62.6 Å². The molecule has 0 spiro atoms. The first-order valence-electron chi connectivity index (χ1n) is 9.52. The summed E-state index contributed by atoms with van der Waals surface area (Å²) >= 11 is 0. The second kappa shape index (κ2) is 6.65. The van der Waals surface area contributed by atoms with Crippen LogP contribution in [0, 0.1) is 24.2 Å². The molecule has 3 heterocycles. The lowest BCUT2D eigenvalue weighted by Gasteiger charge is -2.37. The van der Waals surface area contributed by atoms with E-state index in [4.69, 9.17) is 9.47 Å². The number of allylic oxidation sites excluding steroid dienone is 4. The topological polar surface area (TPSA) is 58.4 Å². The van der Waals surface area contributed by atoms with Crippen LogP contribution >= 0.6 is 0 Å². The predicted molar refractivity (Wildman–Crippen MR) is 108 cm³/mol. The van der Waals surface area contributed by atoms with Crippen LogP contribution in [0.5, 0.6) is 0 Å². The van der Waals surface area contributed by atoms with Gasteiger partial charge < -0.3 is 14.4 Å². The first-order chi connectivity index (χ1) is 13.4. The summed E-state index contributed by atoms with van der Waals surface area (Å²) in [5, 5.41) is 10.1. The molecule has 0 saturated carbocycles. The Kier molecular flexibility index (Phi) is 4.40. The molecular formula is C23H25N3O2. The van der Waals surface area contributed by atoms with Crippen LogP contribution in [0.25, 0.3) is 5.57 Å². The summed E-state index contributed by atoms with van der Waals surface area (Å²) in [5.74, 6) is 0.437. The lowest BCUT2D eigenvalue weighted by atomic mass is 9.81. The maximum absolute atomic E-state index is 10.1. The fourth-order valence-electron chi connectivity index (χ4n) is 4.58. The molecule has 3 aliphatic rings. The molecular weight excluding hydrogens is 350 g/mol. The molecule has 2 unspecified atom stereocenters. The van der Waals surface area contributed by atoms with Gasteiger partial charge in [-0.3, -0.25) is 4.98 Å². The third-order valence-corrected chi connectivity index (χ3v) is 6.07. The second-order valence-electron chi connectivity index (χ2n) is 7.64. The number of fused-ring (bicyclic) bond motifs is 2. The van der Waals surface area contributed by atoms with Gasteiger partial charge in [0.2, 0.25) is 0 Å². The van der Waals surface area contributed by atoms with Gasteiger partial charge in [-0.2, -0.15) is 5.26 Å². The van der Waals surface area contributed by atoms with Crippen LogP contribution in [-0.4, -0.2) is 36.2 Å². The molecule has 2 aliphatic heterocycles. The Morgan fingerprint density at radius 1 is 1.32 bits per heavy atom.